The van der Waals surface area contributed by atoms with Crippen molar-refractivity contribution >= 4 is 41.5 Å². The van der Waals surface area contributed by atoms with Crippen LogP contribution >= 0.6 is 24.0 Å². The molecule has 1 unspecified atom stereocenters. The summed E-state index contributed by atoms with van der Waals surface area (Å²) in [6.45, 7) is 9.97. The van der Waals surface area contributed by atoms with Crippen molar-refractivity contribution in [2.45, 2.75) is 32.2 Å². The lowest BCUT2D eigenvalue weighted by Gasteiger charge is -2.36. The maximum Gasteiger partial charge on any atom is 0.222 e. The normalized spacial score (nSPS) is 20.1. The molecule has 8 heteroatoms. The van der Waals surface area contributed by atoms with E-state index in [-0.39, 0.29) is 29.9 Å². The highest BCUT2D eigenvalue weighted by Crippen LogP contribution is 2.15. The van der Waals surface area contributed by atoms with Gasteiger partial charge in [0.15, 0.2) is 5.96 Å². The average Bonchev–Trinajstić information content (AvgIpc) is 3.25. The molecule has 0 saturated carbocycles. The lowest BCUT2D eigenvalue weighted by atomic mass is 10.2. The number of benzene rings is 1. The number of piperazine rings is 1. The van der Waals surface area contributed by atoms with Crippen LogP contribution in [0.15, 0.2) is 35.3 Å². The Bertz CT molecular complexity index is 663. The molecule has 1 aromatic rings. The molecule has 7 nitrogen and oxygen atoms in total. The molecule has 2 heterocycles. The number of aliphatic imine (C=N–C) groups is 1. The van der Waals surface area contributed by atoms with E-state index in [0.29, 0.717) is 12.5 Å². The molecule has 0 aliphatic carbocycles. The largest absolute Gasteiger partial charge is 0.369 e. The van der Waals surface area contributed by atoms with Crippen LogP contribution in [0.25, 0.3) is 0 Å². The van der Waals surface area contributed by atoms with E-state index in [1.54, 1.807) is 0 Å². The summed E-state index contributed by atoms with van der Waals surface area (Å²) in [7, 11) is 1.81. The lowest BCUT2D eigenvalue weighted by Crippen LogP contribution is -2.48. The Hall–Kier alpha value is -1.55. The van der Waals surface area contributed by atoms with Gasteiger partial charge < -0.3 is 20.4 Å². The molecule has 1 aromatic carbocycles. The topological polar surface area (TPSA) is 63.2 Å². The number of anilines is 1. The minimum absolute atomic E-state index is 0. The zero-order valence-electron chi connectivity index (χ0n) is 18.3. The van der Waals surface area contributed by atoms with Crippen molar-refractivity contribution in [2.75, 3.05) is 64.3 Å². The molecule has 0 radical (unpaired) electrons. The van der Waals surface area contributed by atoms with Gasteiger partial charge in [0.1, 0.15) is 0 Å². The highest BCUT2D eigenvalue weighted by Gasteiger charge is 2.25. The maximum atomic E-state index is 11.8. The first kappa shape index (κ1) is 24.7. The quantitative estimate of drug-likeness (QED) is 0.246. The van der Waals surface area contributed by atoms with Crippen molar-refractivity contribution in [1.82, 2.24) is 20.4 Å². The van der Waals surface area contributed by atoms with E-state index in [1.165, 1.54) is 5.69 Å². The zero-order valence-corrected chi connectivity index (χ0v) is 20.7. The van der Waals surface area contributed by atoms with Gasteiger partial charge in [0, 0.05) is 71.0 Å². The van der Waals surface area contributed by atoms with Gasteiger partial charge in [0.05, 0.1) is 0 Å². The van der Waals surface area contributed by atoms with Crippen LogP contribution in [0.2, 0.25) is 0 Å². The Balaban J connectivity index is 0.00000320. The van der Waals surface area contributed by atoms with Crippen LogP contribution in [-0.2, 0) is 4.79 Å². The Morgan fingerprint density at radius 3 is 2.53 bits per heavy atom. The number of rotatable bonds is 7. The van der Waals surface area contributed by atoms with Gasteiger partial charge in [0.2, 0.25) is 5.91 Å². The standard InChI is InChI=1S/C22H36N6O.HI/c1-3-21(29)28-13-10-19(18-28)25-22(23-2)24-11-7-12-26-14-16-27(17-15-26)20-8-5-4-6-9-20;/h4-6,8-9,19H,3,7,10-18H2,1-2H3,(H2,23,24,25);1H. The number of hydrogen-bond acceptors (Lipinski definition) is 4. The summed E-state index contributed by atoms with van der Waals surface area (Å²) in [6.07, 6.45) is 2.66. The van der Waals surface area contributed by atoms with E-state index < -0.39 is 0 Å². The number of carbonyl (C=O) groups excluding carboxylic acids is 1. The molecule has 30 heavy (non-hydrogen) atoms. The van der Waals surface area contributed by atoms with E-state index in [4.69, 9.17) is 0 Å². The molecule has 168 valence electrons. The molecule has 2 aliphatic heterocycles. The number of nitrogens with zero attached hydrogens (tertiary/aromatic N) is 4. The summed E-state index contributed by atoms with van der Waals surface area (Å²) in [6, 6.07) is 11.0. The number of carbonyl (C=O) groups is 1. The molecule has 0 spiro atoms. The van der Waals surface area contributed by atoms with Gasteiger partial charge in [-0.15, -0.1) is 24.0 Å². The molecule has 3 rings (SSSR count). The minimum Gasteiger partial charge on any atom is -0.369 e. The predicted molar refractivity (Wildman–Crippen MR) is 135 cm³/mol. The fraction of sp³-hybridized carbons (Fsp3) is 0.636. The number of para-hydroxylation sites is 1. The number of guanidine groups is 1. The third-order valence-corrected chi connectivity index (χ3v) is 5.85. The van der Waals surface area contributed by atoms with Crippen molar-refractivity contribution in [3.63, 3.8) is 0 Å². The second-order valence-electron chi connectivity index (χ2n) is 7.84. The fourth-order valence-corrected chi connectivity index (χ4v) is 4.09. The molecule has 0 aromatic heterocycles. The van der Waals surface area contributed by atoms with Gasteiger partial charge in [-0.1, -0.05) is 25.1 Å². The monoisotopic (exact) mass is 528 g/mol. The van der Waals surface area contributed by atoms with Gasteiger partial charge in [0.25, 0.3) is 0 Å². The van der Waals surface area contributed by atoms with E-state index in [9.17, 15) is 4.79 Å². The Kier molecular flexibility index (Phi) is 10.7. The van der Waals surface area contributed by atoms with Crippen molar-refractivity contribution < 1.29 is 4.79 Å². The van der Waals surface area contributed by atoms with E-state index >= 15 is 0 Å². The molecule has 2 aliphatic rings. The zero-order chi connectivity index (χ0) is 20.5. The number of hydrogen-bond donors (Lipinski definition) is 2. The van der Waals surface area contributed by atoms with Gasteiger partial charge in [-0.2, -0.15) is 0 Å². The Morgan fingerprint density at radius 2 is 1.87 bits per heavy atom. The van der Waals surface area contributed by atoms with Crippen LogP contribution in [0.3, 0.4) is 0 Å². The second-order valence-corrected chi connectivity index (χ2v) is 7.84. The first-order chi connectivity index (χ1) is 14.2. The molecule has 2 N–H and O–H groups in total. The van der Waals surface area contributed by atoms with Crippen LogP contribution in [0.4, 0.5) is 5.69 Å². The van der Waals surface area contributed by atoms with Crippen molar-refractivity contribution in [2.24, 2.45) is 4.99 Å². The summed E-state index contributed by atoms with van der Waals surface area (Å²) in [5.41, 5.74) is 1.33. The van der Waals surface area contributed by atoms with Crippen LogP contribution in [0.5, 0.6) is 0 Å². The van der Waals surface area contributed by atoms with Crippen molar-refractivity contribution in [1.29, 1.82) is 0 Å². The average molecular weight is 528 g/mol. The Labute approximate surface area is 198 Å². The summed E-state index contributed by atoms with van der Waals surface area (Å²) >= 11 is 0. The first-order valence-corrected chi connectivity index (χ1v) is 11.0. The number of amides is 1. The summed E-state index contributed by atoms with van der Waals surface area (Å²) < 4.78 is 0. The smallest absolute Gasteiger partial charge is 0.222 e. The summed E-state index contributed by atoms with van der Waals surface area (Å²) in [5.74, 6) is 1.08. The van der Waals surface area contributed by atoms with Crippen LogP contribution < -0.4 is 15.5 Å². The van der Waals surface area contributed by atoms with E-state index in [2.05, 4.69) is 55.8 Å². The van der Waals surface area contributed by atoms with Gasteiger partial charge in [-0.05, 0) is 31.5 Å². The minimum atomic E-state index is 0. The van der Waals surface area contributed by atoms with Gasteiger partial charge >= 0.3 is 0 Å². The highest BCUT2D eigenvalue weighted by molar-refractivity contribution is 14.0. The third-order valence-electron chi connectivity index (χ3n) is 5.85. The fourth-order valence-electron chi connectivity index (χ4n) is 4.09. The number of likely N-dealkylation sites (tertiary alicyclic amines) is 1. The van der Waals surface area contributed by atoms with Gasteiger partial charge in [-0.25, -0.2) is 0 Å². The molecule has 0 bridgehead atoms. The predicted octanol–water partition coefficient (Wildman–Crippen LogP) is 1.99. The summed E-state index contributed by atoms with van der Waals surface area (Å²) in [5, 5.41) is 6.89. The number of nitrogens with one attached hydrogen (secondary N) is 2. The van der Waals surface area contributed by atoms with E-state index in [1.807, 2.05) is 18.9 Å². The highest BCUT2D eigenvalue weighted by atomic mass is 127. The van der Waals surface area contributed by atoms with E-state index in [0.717, 1.165) is 71.2 Å². The third kappa shape index (κ3) is 7.30. The van der Waals surface area contributed by atoms with Crippen LogP contribution in [0.1, 0.15) is 26.2 Å². The van der Waals surface area contributed by atoms with Crippen LogP contribution in [0, 0.1) is 0 Å². The van der Waals surface area contributed by atoms with Crippen molar-refractivity contribution in [3.05, 3.63) is 30.3 Å². The lowest BCUT2D eigenvalue weighted by molar-refractivity contribution is -0.129. The summed E-state index contributed by atoms with van der Waals surface area (Å²) in [4.78, 5) is 23.1. The molecule has 1 amide bonds. The first-order valence-electron chi connectivity index (χ1n) is 11.0. The molecule has 2 saturated heterocycles. The SMILES string of the molecule is CCC(=O)N1CCC(NC(=NC)NCCCN2CCN(c3ccccc3)CC2)C1.I. The van der Waals surface area contributed by atoms with Crippen LogP contribution in [-0.4, -0.2) is 87.1 Å². The number of halogens is 1. The molecular weight excluding hydrogens is 491 g/mol. The maximum absolute atomic E-state index is 11.8. The second kappa shape index (κ2) is 13.0. The van der Waals surface area contributed by atoms with Crippen molar-refractivity contribution in [3.8, 4) is 0 Å². The Morgan fingerprint density at radius 1 is 1.13 bits per heavy atom. The molecule has 1 atom stereocenters. The van der Waals surface area contributed by atoms with Gasteiger partial charge in [-0.3, -0.25) is 14.7 Å². The molecule has 2 fully saturated rings. The molecular formula is C22H37IN6O.